The predicted molar refractivity (Wildman–Crippen MR) is 78.2 cm³/mol. The summed E-state index contributed by atoms with van der Waals surface area (Å²) in [4.78, 5) is 1.82. The largest absolute Gasteiger partial charge is 0.0782 e. The third-order valence-electron chi connectivity index (χ3n) is 3.88. The van der Waals surface area contributed by atoms with Crippen LogP contribution in [0, 0.1) is 11.3 Å². The zero-order valence-electron chi connectivity index (χ0n) is 10.4. The lowest BCUT2D eigenvalue weighted by Gasteiger charge is -2.39. The van der Waals surface area contributed by atoms with Gasteiger partial charge in [-0.05, 0) is 47.8 Å². The molecule has 0 fully saturated rings. The Labute approximate surface area is 109 Å². The van der Waals surface area contributed by atoms with Crippen molar-refractivity contribution in [3.8, 4) is 0 Å². The lowest BCUT2D eigenvalue weighted by Crippen LogP contribution is -2.32. The molecule has 2 aliphatic rings. The van der Waals surface area contributed by atoms with Crippen molar-refractivity contribution in [1.29, 1.82) is 0 Å². The van der Waals surface area contributed by atoms with Gasteiger partial charge in [0.2, 0.25) is 0 Å². The van der Waals surface area contributed by atoms with Gasteiger partial charge in [-0.15, -0.1) is 0 Å². The summed E-state index contributed by atoms with van der Waals surface area (Å²) in [6, 6.07) is 0. The monoisotopic (exact) mass is 250 g/mol. The maximum absolute atomic E-state index is 5.54. The van der Waals surface area contributed by atoms with E-state index < -0.39 is 0 Å². The molecule has 0 bridgehead atoms. The Balaban J connectivity index is 2.64. The molecule has 0 N–H and O–H groups in total. The van der Waals surface area contributed by atoms with Crippen molar-refractivity contribution in [3.05, 3.63) is 22.8 Å². The smallest absolute Gasteiger partial charge is 0.0598 e. The van der Waals surface area contributed by atoms with Crippen LogP contribution < -0.4 is 0 Å². The van der Waals surface area contributed by atoms with Crippen molar-refractivity contribution < 1.29 is 0 Å². The van der Waals surface area contributed by atoms with Crippen LogP contribution in [0.15, 0.2) is 22.8 Å². The average molecular weight is 250 g/mol. The van der Waals surface area contributed by atoms with Crippen LogP contribution >= 0.6 is 24.4 Å². The predicted octanol–water partition coefficient (Wildman–Crippen LogP) is 4.44. The van der Waals surface area contributed by atoms with Crippen molar-refractivity contribution in [2.24, 2.45) is 11.3 Å². The minimum absolute atomic E-state index is 0.253. The van der Waals surface area contributed by atoms with Gasteiger partial charge in [-0.3, -0.25) is 0 Å². The summed E-state index contributed by atoms with van der Waals surface area (Å²) in [5.41, 5.74) is 4.20. The first-order valence-electron chi connectivity index (χ1n) is 5.86. The van der Waals surface area contributed by atoms with Gasteiger partial charge in [-0.2, -0.15) is 0 Å². The molecule has 0 spiro atoms. The van der Waals surface area contributed by atoms with E-state index >= 15 is 0 Å². The van der Waals surface area contributed by atoms with E-state index in [4.69, 9.17) is 24.4 Å². The van der Waals surface area contributed by atoms with Crippen molar-refractivity contribution >= 4 is 34.2 Å². The minimum atomic E-state index is 0.253. The summed E-state index contributed by atoms with van der Waals surface area (Å²) in [6.45, 7) is 8.98. The second kappa shape index (κ2) is 3.85. The van der Waals surface area contributed by atoms with E-state index in [1.807, 2.05) is 0 Å². The molecule has 2 rings (SSSR count). The summed E-state index contributed by atoms with van der Waals surface area (Å²) in [5, 5.41) is 0. The van der Waals surface area contributed by atoms with Gasteiger partial charge < -0.3 is 0 Å². The van der Waals surface area contributed by atoms with E-state index in [-0.39, 0.29) is 5.41 Å². The molecule has 0 heterocycles. The third kappa shape index (κ3) is 1.72. The van der Waals surface area contributed by atoms with Gasteiger partial charge in [0.15, 0.2) is 0 Å². The second-order valence-corrected chi connectivity index (χ2v) is 6.45. The van der Waals surface area contributed by atoms with Crippen LogP contribution in [0.5, 0.6) is 0 Å². The van der Waals surface area contributed by atoms with E-state index in [0.717, 1.165) is 9.73 Å². The van der Waals surface area contributed by atoms with Gasteiger partial charge in [-0.1, -0.05) is 51.3 Å². The lowest BCUT2D eigenvalue weighted by atomic mass is 9.66. The van der Waals surface area contributed by atoms with Crippen molar-refractivity contribution in [3.63, 3.8) is 0 Å². The lowest BCUT2D eigenvalue weighted by molar-refractivity contribution is 0.345. The van der Waals surface area contributed by atoms with Crippen LogP contribution in [-0.4, -0.2) is 9.73 Å². The molecule has 1 unspecified atom stereocenters. The van der Waals surface area contributed by atoms with Gasteiger partial charge in [-0.25, -0.2) is 0 Å². The maximum atomic E-state index is 5.54. The molecule has 0 aromatic carbocycles. The Morgan fingerprint density at radius 1 is 1.25 bits per heavy atom. The Hall–Kier alpha value is -0.340. The number of rotatable bonds is 0. The molecule has 16 heavy (non-hydrogen) atoms. The van der Waals surface area contributed by atoms with Gasteiger partial charge >= 0.3 is 0 Å². The molecule has 0 aromatic heterocycles. The standard InChI is InChI=1S/C14H18S2/c1-8-5-6-14(3,4)10-7-9(2)12(15)13(16)11(8)10/h7-8H,5-6H2,1-4H3. The number of allylic oxidation sites excluding steroid dienone is 4. The molecule has 0 saturated carbocycles. The Morgan fingerprint density at radius 3 is 2.50 bits per heavy atom. The average Bonchev–Trinajstić information content (AvgIpc) is 2.20. The summed E-state index contributed by atoms with van der Waals surface area (Å²) in [6.07, 6.45) is 4.73. The quantitative estimate of drug-likeness (QED) is 0.583. The molecule has 0 aromatic rings. The fourth-order valence-corrected chi connectivity index (χ4v) is 3.33. The molecule has 0 aliphatic heterocycles. The van der Waals surface area contributed by atoms with Crippen LogP contribution in [0.2, 0.25) is 0 Å². The molecule has 0 radical (unpaired) electrons. The molecule has 0 saturated heterocycles. The molecule has 1 atom stereocenters. The van der Waals surface area contributed by atoms with Gasteiger partial charge in [0.25, 0.3) is 0 Å². The zero-order valence-corrected chi connectivity index (χ0v) is 12.0. The van der Waals surface area contributed by atoms with Crippen molar-refractivity contribution in [1.82, 2.24) is 0 Å². The maximum Gasteiger partial charge on any atom is 0.0598 e. The van der Waals surface area contributed by atoms with Crippen molar-refractivity contribution in [2.75, 3.05) is 0 Å². The Morgan fingerprint density at radius 2 is 1.88 bits per heavy atom. The first-order chi connectivity index (χ1) is 7.34. The van der Waals surface area contributed by atoms with Gasteiger partial charge in [0.05, 0.1) is 9.73 Å². The molecular weight excluding hydrogens is 232 g/mol. The minimum Gasteiger partial charge on any atom is -0.0782 e. The summed E-state index contributed by atoms with van der Waals surface area (Å²) >= 11 is 10.9. The highest BCUT2D eigenvalue weighted by molar-refractivity contribution is 7.90. The zero-order chi connectivity index (χ0) is 12.1. The van der Waals surface area contributed by atoms with E-state index in [1.165, 1.54) is 29.6 Å². The molecule has 0 nitrogen and oxygen atoms in total. The molecule has 0 amide bonds. The molecular formula is C14H18S2. The van der Waals surface area contributed by atoms with Gasteiger partial charge in [0, 0.05) is 0 Å². The number of hydrogen-bond acceptors (Lipinski definition) is 2. The van der Waals surface area contributed by atoms with Crippen molar-refractivity contribution in [2.45, 2.75) is 40.5 Å². The van der Waals surface area contributed by atoms with Crippen LogP contribution in [0.25, 0.3) is 0 Å². The van der Waals surface area contributed by atoms with E-state index in [2.05, 4.69) is 33.8 Å². The second-order valence-electron chi connectivity index (χ2n) is 5.64. The topological polar surface area (TPSA) is 0 Å². The van der Waals surface area contributed by atoms with E-state index in [0.29, 0.717) is 5.92 Å². The number of hydrogen-bond donors (Lipinski definition) is 0. The highest BCUT2D eigenvalue weighted by atomic mass is 32.1. The molecule has 2 aliphatic carbocycles. The highest BCUT2D eigenvalue weighted by Gasteiger charge is 2.36. The van der Waals surface area contributed by atoms with Gasteiger partial charge in [0.1, 0.15) is 0 Å². The molecule has 86 valence electrons. The van der Waals surface area contributed by atoms with Crippen LogP contribution in [0.4, 0.5) is 0 Å². The first-order valence-corrected chi connectivity index (χ1v) is 6.68. The summed E-state index contributed by atoms with van der Waals surface area (Å²) in [5.74, 6) is 0.567. The van der Waals surface area contributed by atoms with E-state index in [1.54, 1.807) is 0 Å². The van der Waals surface area contributed by atoms with Crippen LogP contribution in [0.1, 0.15) is 40.5 Å². The van der Waals surface area contributed by atoms with Crippen LogP contribution in [-0.2, 0) is 0 Å². The number of thiocarbonyl (C=S) groups is 2. The van der Waals surface area contributed by atoms with Crippen LogP contribution in [0.3, 0.4) is 0 Å². The Kier molecular flexibility index (Phi) is 2.92. The third-order valence-corrected chi connectivity index (χ3v) is 4.96. The molecule has 2 heteroatoms. The fourth-order valence-electron chi connectivity index (χ4n) is 2.69. The summed E-state index contributed by atoms with van der Waals surface area (Å²) < 4.78 is 0. The highest BCUT2D eigenvalue weighted by Crippen LogP contribution is 2.46. The Bertz CT molecular complexity index is 436. The fraction of sp³-hybridized carbons (Fsp3) is 0.571. The van der Waals surface area contributed by atoms with E-state index in [9.17, 15) is 0 Å². The first kappa shape index (κ1) is 12.1. The summed E-state index contributed by atoms with van der Waals surface area (Å²) in [7, 11) is 0. The SMILES string of the molecule is CC1=CC2=C(C(=S)C1=S)C(C)CCC2(C)C. The normalized spacial score (nSPS) is 29.0.